The first kappa shape index (κ1) is 15.6. The van der Waals surface area contributed by atoms with Crippen molar-refractivity contribution in [3.8, 4) is 5.75 Å². The molecule has 0 heterocycles. The molecule has 22 heavy (non-hydrogen) atoms. The van der Waals surface area contributed by atoms with Crippen LogP contribution in [0.5, 0.6) is 5.75 Å². The molecule has 2 rings (SSSR count). The van der Waals surface area contributed by atoms with Crippen LogP contribution in [0.3, 0.4) is 0 Å². The third-order valence-corrected chi connectivity index (χ3v) is 3.12. The van der Waals surface area contributed by atoms with Crippen LogP contribution in [0.1, 0.15) is 16.7 Å². The first-order chi connectivity index (χ1) is 10.6. The first-order valence-electron chi connectivity index (χ1n) is 7.06. The number of benzene rings is 2. The van der Waals surface area contributed by atoms with Gasteiger partial charge in [0.05, 0.1) is 0 Å². The molecule has 0 saturated carbocycles. The van der Waals surface area contributed by atoms with Crippen molar-refractivity contribution >= 4 is 12.2 Å². The minimum Gasteiger partial charge on any atom is -0.508 e. The standard InChI is InChI=1S/C18H19NO3/c1-14-9-10-15(12-17(14)20)8-5-11-19-18(21)22-13-16-6-3-2-4-7-16/h2-10,12,20H,11,13H2,1H3,(H,19,21). The lowest BCUT2D eigenvalue weighted by molar-refractivity contribution is 0.141. The van der Waals surface area contributed by atoms with Gasteiger partial charge in [-0.3, -0.25) is 0 Å². The summed E-state index contributed by atoms with van der Waals surface area (Å²) in [5, 5.41) is 12.2. The summed E-state index contributed by atoms with van der Waals surface area (Å²) < 4.78 is 5.09. The summed E-state index contributed by atoms with van der Waals surface area (Å²) in [6.07, 6.45) is 3.17. The van der Waals surface area contributed by atoms with E-state index in [9.17, 15) is 9.90 Å². The van der Waals surface area contributed by atoms with E-state index >= 15 is 0 Å². The predicted octanol–water partition coefficient (Wildman–Crippen LogP) is 3.64. The van der Waals surface area contributed by atoms with Gasteiger partial charge < -0.3 is 15.2 Å². The van der Waals surface area contributed by atoms with Crippen LogP contribution in [0.15, 0.2) is 54.6 Å². The molecule has 0 aromatic heterocycles. The van der Waals surface area contributed by atoms with Gasteiger partial charge in [0.2, 0.25) is 0 Å². The molecular formula is C18H19NO3. The summed E-state index contributed by atoms with van der Waals surface area (Å²) in [6, 6.07) is 14.9. The molecule has 2 N–H and O–H groups in total. The third-order valence-electron chi connectivity index (χ3n) is 3.12. The fraction of sp³-hybridized carbons (Fsp3) is 0.167. The number of phenolic OH excluding ortho intramolecular Hbond substituents is 1. The van der Waals surface area contributed by atoms with Crippen LogP contribution in [0.25, 0.3) is 6.08 Å². The second-order valence-electron chi connectivity index (χ2n) is 4.89. The van der Waals surface area contributed by atoms with E-state index in [-0.39, 0.29) is 12.4 Å². The van der Waals surface area contributed by atoms with Crippen LogP contribution >= 0.6 is 0 Å². The van der Waals surface area contributed by atoms with E-state index in [4.69, 9.17) is 4.74 Å². The number of rotatable bonds is 5. The van der Waals surface area contributed by atoms with Gasteiger partial charge in [0.1, 0.15) is 12.4 Å². The molecule has 4 nitrogen and oxygen atoms in total. The molecule has 0 aliphatic heterocycles. The number of carbonyl (C=O) groups excluding carboxylic acids is 1. The van der Waals surface area contributed by atoms with Crippen LogP contribution in [0.4, 0.5) is 4.79 Å². The van der Waals surface area contributed by atoms with Crippen molar-refractivity contribution in [2.75, 3.05) is 6.54 Å². The lowest BCUT2D eigenvalue weighted by Gasteiger charge is -2.05. The topological polar surface area (TPSA) is 58.6 Å². The molecule has 0 saturated heterocycles. The van der Waals surface area contributed by atoms with Crippen molar-refractivity contribution in [2.45, 2.75) is 13.5 Å². The SMILES string of the molecule is Cc1ccc(C=CCNC(=O)OCc2ccccc2)cc1O. The van der Waals surface area contributed by atoms with Crippen molar-refractivity contribution < 1.29 is 14.6 Å². The lowest BCUT2D eigenvalue weighted by atomic mass is 10.1. The van der Waals surface area contributed by atoms with Crippen molar-refractivity contribution in [3.63, 3.8) is 0 Å². The number of aromatic hydroxyl groups is 1. The predicted molar refractivity (Wildman–Crippen MR) is 86.5 cm³/mol. The van der Waals surface area contributed by atoms with Gasteiger partial charge in [-0.15, -0.1) is 0 Å². The van der Waals surface area contributed by atoms with E-state index in [1.54, 1.807) is 12.1 Å². The molecule has 0 spiro atoms. The van der Waals surface area contributed by atoms with E-state index in [1.165, 1.54) is 0 Å². The zero-order valence-electron chi connectivity index (χ0n) is 12.5. The summed E-state index contributed by atoms with van der Waals surface area (Å²) in [4.78, 5) is 11.5. The average molecular weight is 297 g/mol. The molecule has 2 aromatic carbocycles. The lowest BCUT2D eigenvalue weighted by Crippen LogP contribution is -2.24. The number of carbonyl (C=O) groups is 1. The number of phenols is 1. The maximum atomic E-state index is 11.5. The van der Waals surface area contributed by atoms with Crippen LogP contribution in [0, 0.1) is 6.92 Å². The zero-order chi connectivity index (χ0) is 15.8. The van der Waals surface area contributed by atoms with Gasteiger partial charge in [0, 0.05) is 6.54 Å². The van der Waals surface area contributed by atoms with E-state index in [2.05, 4.69) is 5.32 Å². The van der Waals surface area contributed by atoms with Crippen molar-refractivity contribution in [2.24, 2.45) is 0 Å². The highest BCUT2D eigenvalue weighted by molar-refractivity contribution is 5.67. The van der Waals surface area contributed by atoms with Gasteiger partial charge >= 0.3 is 6.09 Å². The molecule has 0 bridgehead atoms. The van der Waals surface area contributed by atoms with Crippen LogP contribution in [0.2, 0.25) is 0 Å². The molecule has 0 radical (unpaired) electrons. The molecule has 1 amide bonds. The molecule has 0 atom stereocenters. The second kappa shape index (κ2) is 7.88. The Balaban J connectivity index is 1.72. The van der Waals surface area contributed by atoms with Gasteiger partial charge in [-0.1, -0.05) is 54.6 Å². The summed E-state index contributed by atoms with van der Waals surface area (Å²) in [5.41, 5.74) is 2.66. The monoisotopic (exact) mass is 297 g/mol. The maximum Gasteiger partial charge on any atom is 0.407 e. The number of aryl methyl sites for hydroxylation is 1. The van der Waals surface area contributed by atoms with Crippen molar-refractivity contribution in [1.29, 1.82) is 0 Å². The van der Waals surface area contributed by atoms with Crippen molar-refractivity contribution in [3.05, 3.63) is 71.3 Å². The molecular weight excluding hydrogens is 278 g/mol. The van der Waals surface area contributed by atoms with Crippen molar-refractivity contribution in [1.82, 2.24) is 5.32 Å². The Hall–Kier alpha value is -2.75. The Morgan fingerprint density at radius 1 is 1.23 bits per heavy atom. The first-order valence-corrected chi connectivity index (χ1v) is 7.06. The number of hydrogen-bond acceptors (Lipinski definition) is 3. The highest BCUT2D eigenvalue weighted by atomic mass is 16.5. The molecule has 0 unspecified atom stereocenters. The van der Waals surface area contributed by atoms with E-state index in [1.807, 2.05) is 55.5 Å². The molecule has 2 aromatic rings. The fourth-order valence-corrected chi connectivity index (χ4v) is 1.84. The Kier molecular flexibility index (Phi) is 5.60. The minimum absolute atomic E-state index is 0.252. The van der Waals surface area contributed by atoms with Crippen LogP contribution in [-0.4, -0.2) is 17.7 Å². The van der Waals surface area contributed by atoms with E-state index in [0.717, 1.165) is 16.7 Å². The maximum absolute atomic E-state index is 11.5. The average Bonchev–Trinajstić information content (AvgIpc) is 2.54. The summed E-state index contributed by atoms with van der Waals surface area (Å²) >= 11 is 0. The normalized spacial score (nSPS) is 10.6. The van der Waals surface area contributed by atoms with Crippen LogP contribution < -0.4 is 5.32 Å². The Morgan fingerprint density at radius 2 is 2.00 bits per heavy atom. The highest BCUT2D eigenvalue weighted by Gasteiger charge is 2.00. The molecule has 0 aliphatic rings. The second-order valence-corrected chi connectivity index (χ2v) is 4.89. The zero-order valence-corrected chi connectivity index (χ0v) is 12.5. The van der Waals surface area contributed by atoms with Gasteiger partial charge in [-0.05, 0) is 29.7 Å². The summed E-state index contributed by atoms with van der Waals surface area (Å²) in [7, 11) is 0. The molecule has 0 fully saturated rings. The van der Waals surface area contributed by atoms with Gasteiger partial charge in [-0.25, -0.2) is 4.79 Å². The van der Waals surface area contributed by atoms with Gasteiger partial charge in [-0.2, -0.15) is 0 Å². The molecule has 0 aliphatic carbocycles. The minimum atomic E-state index is -0.458. The number of hydrogen-bond donors (Lipinski definition) is 2. The van der Waals surface area contributed by atoms with Gasteiger partial charge in [0.15, 0.2) is 0 Å². The summed E-state index contributed by atoms with van der Waals surface area (Å²) in [5.74, 6) is 0.261. The number of nitrogens with one attached hydrogen (secondary N) is 1. The van der Waals surface area contributed by atoms with Gasteiger partial charge in [0.25, 0.3) is 0 Å². The third kappa shape index (κ3) is 4.98. The van der Waals surface area contributed by atoms with E-state index < -0.39 is 6.09 Å². The largest absolute Gasteiger partial charge is 0.508 e. The Labute approximate surface area is 130 Å². The summed E-state index contributed by atoms with van der Waals surface area (Å²) in [6.45, 7) is 2.46. The number of ether oxygens (including phenoxy) is 1. The smallest absolute Gasteiger partial charge is 0.407 e. The molecule has 114 valence electrons. The van der Waals surface area contributed by atoms with Crippen LogP contribution in [-0.2, 0) is 11.3 Å². The Morgan fingerprint density at radius 3 is 2.73 bits per heavy atom. The molecule has 4 heteroatoms. The quantitative estimate of drug-likeness (QED) is 0.886. The Bertz CT molecular complexity index is 651. The number of alkyl carbamates (subject to hydrolysis) is 1. The fourth-order valence-electron chi connectivity index (χ4n) is 1.84. The van der Waals surface area contributed by atoms with E-state index in [0.29, 0.717) is 6.54 Å². The number of amides is 1. The highest BCUT2D eigenvalue weighted by Crippen LogP contribution is 2.18.